The minimum atomic E-state index is -0.310. The van der Waals surface area contributed by atoms with E-state index < -0.39 is 0 Å². The number of fused-ring (bicyclic) bond motifs is 16. The van der Waals surface area contributed by atoms with Crippen molar-refractivity contribution in [1.29, 1.82) is 0 Å². The molecular weight excluding hydrogens is 1240 g/mol. The first-order valence-corrected chi connectivity index (χ1v) is 36.9. The Morgan fingerprint density at radius 2 is 0.725 bits per heavy atom. The Bertz CT molecular complexity index is 5900. The maximum Gasteiger partial charge on any atom is 0.254 e. The van der Waals surface area contributed by atoms with Crippen molar-refractivity contribution < 1.29 is 0 Å². The van der Waals surface area contributed by atoms with E-state index in [9.17, 15) is 0 Å². The van der Waals surface area contributed by atoms with E-state index in [1.54, 1.807) is 0 Å². The molecule has 2 aromatic heterocycles. The SMILES string of the molecule is CC1(C)CCC(C)(C)c2cc(N3C4=CC(n5c6ccccc6c6ccccc65)NC5=C4B(c4ccccc43)c3cc4c(cc3N5c3ccccc3)N(c3ccccc3)c3cc(-n5c6ccccc6c6ccccc65)cc5c3B4c3ccccc3N5c3ccc4c(c3)C(C)(C)CCC4(C)C)ccc21. The number of nitrogens with one attached hydrogen (secondary N) is 1. The predicted octanol–water partition coefficient (Wildman–Crippen LogP) is 20.0. The average Bonchev–Trinajstić information content (AvgIpc) is 0.707. The van der Waals surface area contributed by atoms with Crippen molar-refractivity contribution in [2.75, 3.05) is 19.6 Å². The number of dihydropyridines is 1. The zero-order valence-electron chi connectivity index (χ0n) is 59.2. The van der Waals surface area contributed by atoms with Crippen LogP contribution in [0.2, 0.25) is 0 Å². The van der Waals surface area contributed by atoms with Crippen molar-refractivity contribution in [3.8, 4) is 5.69 Å². The van der Waals surface area contributed by atoms with Crippen molar-refractivity contribution in [2.24, 2.45) is 0 Å². The van der Waals surface area contributed by atoms with Gasteiger partial charge in [-0.3, -0.25) is 4.90 Å². The first kappa shape index (κ1) is 59.7. The van der Waals surface area contributed by atoms with Crippen molar-refractivity contribution in [2.45, 2.75) is 109 Å². The zero-order valence-corrected chi connectivity index (χ0v) is 59.2. The monoisotopic (exact) mass is 1320 g/mol. The molecule has 12 aromatic carbocycles. The molecule has 0 radical (unpaired) electrons. The lowest BCUT2D eigenvalue weighted by Crippen LogP contribution is -2.64. The smallest absolute Gasteiger partial charge is 0.254 e. The van der Waals surface area contributed by atoms with Gasteiger partial charge >= 0.3 is 0 Å². The molecule has 1 N–H and O–H groups in total. The lowest BCUT2D eigenvalue weighted by atomic mass is 9.30. The van der Waals surface area contributed by atoms with Gasteiger partial charge in [0, 0.05) is 84.1 Å². The van der Waals surface area contributed by atoms with E-state index in [1.165, 1.54) is 133 Å². The van der Waals surface area contributed by atoms with Crippen LogP contribution in [-0.2, 0) is 21.7 Å². The summed E-state index contributed by atoms with van der Waals surface area (Å²) < 4.78 is 5.10. The number of allylic oxidation sites excluding steroid dienone is 1. The van der Waals surface area contributed by atoms with Crippen molar-refractivity contribution >= 4 is 141 Å². The van der Waals surface area contributed by atoms with Gasteiger partial charge in [-0.05, 0) is 212 Å². The van der Waals surface area contributed by atoms with Crippen LogP contribution in [0.15, 0.2) is 290 Å². The molecule has 0 fully saturated rings. The summed E-state index contributed by atoms with van der Waals surface area (Å²) in [7, 11) is 0. The molecule has 1 atom stereocenters. The van der Waals surface area contributed by atoms with Gasteiger partial charge in [0.2, 0.25) is 0 Å². The Labute approximate surface area is 598 Å². The van der Waals surface area contributed by atoms with Crippen molar-refractivity contribution in [3.05, 3.63) is 312 Å². The summed E-state index contributed by atoms with van der Waals surface area (Å²) >= 11 is 0. The van der Waals surface area contributed by atoms with Crippen LogP contribution in [0.5, 0.6) is 0 Å². The minimum absolute atomic E-state index is 0.00764. The second-order valence-corrected chi connectivity index (χ2v) is 32.5. The lowest BCUT2D eigenvalue weighted by molar-refractivity contribution is 0.332. The van der Waals surface area contributed by atoms with Crippen LogP contribution >= 0.6 is 0 Å². The van der Waals surface area contributed by atoms with Gasteiger partial charge in [0.05, 0.1) is 27.8 Å². The molecule has 492 valence electrons. The maximum absolute atomic E-state index is 4.47. The summed E-state index contributed by atoms with van der Waals surface area (Å²) in [6.07, 6.45) is 6.83. The van der Waals surface area contributed by atoms with E-state index in [0.29, 0.717) is 0 Å². The number of para-hydroxylation sites is 8. The normalized spacial score (nSPS) is 18.2. The summed E-state index contributed by atoms with van der Waals surface area (Å²) in [5.74, 6) is 1.08. The number of rotatable bonds is 6. The predicted molar refractivity (Wildman–Crippen MR) is 431 cm³/mol. The maximum atomic E-state index is 4.47. The molecule has 14 aromatic rings. The standard InChI is InChI=1S/C93H79B2N7/c1-90(2)47-49-92(5,6)69-51-60(43-45-67(69)90)98-79-41-25-19-35-71(79)94-73-55-74-82(56-81(73)97(58-27-11-9-12-28-58)83-53-62(54-84(98)87(83)94)100-75-37-21-15-31-63(75)64-32-16-22-38-76(64)100)101(59-29-13-10-14-30-59)89-88-85(57-86(96-89)102-77-39-23-17-33-65(77)66-34-18-24-40-78(66)102)99(80-42-26-20-36-72(80)95(74)88)61-44-46-68-70(52-61)93(7,8)50-48-91(68,3)4/h9-46,51-57,86,96H,47-50H2,1-8H3. The number of benzene rings is 12. The van der Waals surface area contributed by atoms with Crippen molar-refractivity contribution in [3.63, 3.8) is 0 Å². The van der Waals surface area contributed by atoms with Crippen LogP contribution in [-0.4, -0.2) is 22.6 Å². The van der Waals surface area contributed by atoms with E-state index in [4.69, 9.17) is 0 Å². The van der Waals surface area contributed by atoms with Crippen LogP contribution in [0, 0.1) is 0 Å². The fourth-order valence-electron chi connectivity index (χ4n) is 19.8. The van der Waals surface area contributed by atoms with Crippen molar-refractivity contribution in [1.82, 2.24) is 14.5 Å². The van der Waals surface area contributed by atoms with Crippen LogP contribution in [0.25, 0.3) is 49.3 Å². The highest BCUT2D eigenvalue weighted by Gasteiger charge is 2.52. The fourth-order valence-corrected chi connectivity index (χ4v) is 19.8. The van der Waals surface area contributed by atoms with E-state index >= 15 is 0 Å². The second kappa shape index (κ2) is 21.2. The third-order valence-corrected chi connectivity index (χ3v) is 25.0. The molecule has 1 unspecified atom stereocenters. The number of aromatic nitrogens is 2. The zero-order chi connectivity index (χ0) is 68.4. The fraction of sp³-hybridized carbons (Fsp3) is 0.183. The molecule has 0 saturated carbocycles. The number of hydrogen-bond acceptors (Lipinski definition) is 5. The second-order valence-electron chi connectivity index (χ2n) is 32.5. The van der Waals surface area contributed by atoms with Gasteiger partial charge in [-0.25, -0.2) is 0 Å². The molecule has 0 bridgehead atoms. The van der Waals surface area contributed by atoms with Crippen LogP contribution in [0.3, 0.4) is 0 Å². The van der Waals surface area contributed by atoms with Gasteiger partial charge in [0.15, 0.2) is 0 Å². The van der Waals surface area contributed by atoms with E-state index in [2.05, 4.69) is 362 Å². The van der Waals surface area contributed by atoms with E-state index in [-0.39, 0.29) is 41.3 Å². The summed E-state index contributed by atoms with van der Waals surface area (Å²) in [5, 5.41) is 9.43. The van der Waals surface area contributed by atoms with Crippen LogP contribution in [0.4, 0.5) is 56.9 Å². The molecule has 7 heterocycles. The number of nitrogens with zero attached hydrogens (tertiary/aromatic N) is 6. The molecule has 21 rings (SSSR count). The Balaban J connectivity index is 0.869. The molecule has 2 aliphatic carbocycles. The Hall–Kier alpha value is -11.2. The molecule has 0 spiro atoms. The third kappa shape index (κ3) is 8.33. The molecule has 102 heavy (non-hydrogen) atoms. The van der Waals surface area contributed by atoms with Gasteiger partial charge < -0.3 is 29.2 Å². The Morgan fingerprint density at radius 1 is 0.314 bits per heavy atom. The van der Waals surface area contributed by atoms with Gasteiger partial charge in [-0.15, -0.1) is 0 Å². The Kier molecular flexibility index (Phi) is 12.4. The first-order valence-electron chi connectivity index (χ1n) is 36.9. The highest BCUT2D eigenvalue weighted by atomic mass is 15.3. The number of anilines is 10. The van der Waals surface area contributed by atoms with Crippen LogP contribution < -0.4 is 52.2 Å². The summed E-state index contributed by atoms with van der Waals surface area (Å²) in [4.78, 5) is 10.5. The summed E-state index contributed by atoms with van der Waals surface area (Å²) in [6.45, 7) is 19.3. The van der Waals surface area contributed by atoms with Gasteiger partial charge in [0.25, 0.3) is 13.4 Å². The van der Waals surface area contributed by atoms with Crippen LogP contribution in [0.1, 0.15) is 109 Å². The topological polar surface area (TPSA) is 34.9 Å². The summed E-state index contributed by atoms with van der Waals surface area (Å²) in [6, 6.07) is 103. The highest BCUT2D eigenvalue weighted by Crippen LogP contribution is 2.55. The molecule has 7 nitrogen and oxygen atoms in total. The average molecular weight is 1320 g/mol. The third-order valence-electron chi connectivity index (χ3n) is 25.0. The van der Waals surface area contributed by atoms with Gasteiger partial charge in [0.1, 0.15) is 12.0 Å². The molecular formula is C93H79B2N7. The largest absolute Gasteiger partial charge is 0.348 e. The molecule has 0 amide bonds. The molecule has 0 saturated heterocycles. The van der Waals surface area contributed by atoms with E-state index in [0.717, 1.165) is 65.6 Å². The first-order chi connectivity index (χ1) is 49.6. The van der Waals surface area contributed by atoms with E-state index in [1.807, 2.05) is 0 Å². The minimum Gasteiger partial charge on any atom is -0.348 e. The molecule has 9 heteroatoms. The molecule has 7 aliphatic rings. The lowest BCUT2D eigenvalue weighted by Gasteiger charge is -2.50. The van der Waals surface area contributed by atoms with Gasteiger partial charge in [-0.1, -0.05) is 219 Å². The highest BCUT2D eigenvalue weighted by molar-refractivity contribution is 7.01. The number of hydrogen-bond donors (Lipinski definition) is 1. The van der Waals surface area contributed by atoms with Gasteiger partial charge in [-0.2, -0.15) is 0 Å². The summed E-state index contributed by atoms with van der Waals surface area (Å²) in [5.41, 5.74) is 32.3. The molecule has 5 aliphatic heterocycles. The quantitative estimate of drug-likeness (QED) is 0.168. The Morgan fingerprint density at radius 3 is 1.27 bits per heavy atom.